The van der Waals surface area contributed by atoms with Crippen LogP contribution in [0.2, 0.25) is 0 Å². The second-order valence-electron chi connectivity index (χ2n) is 5.00. The van der Waals surface area contributed by atoms with Crippen molar-refractivity contribution in [1.82, 2.24) is 10.6 Å². The summed E-state index contributed by atoms with van der Waals surface area (Å²) >= 11 is 1.46. The van der Waals surface area contributed by atoms with Gasteiger partial charge in [0.15, 0.2) is 0 Å². The minimum absolute atomic E-state index is 0.0949. The second-order valence-corrected chi connectivity index (χ2v) is 5.98. The Morgan fingerprint density at radius 2 is 2.42 bits per heavy atom. The van der Waals surface area contributed by atoms with E-state index in [9.17, 15) is 9.59 Å². The van der Waals surface area contributed by atoms with Gasteiger partial charge in [0.2, 0.25) is 5.91 Å². The van der Waals surface area contributed by atoms with Crippen LogP contribution in [0.25, 0.3) is 0 Å². The number of carboxylic acids is 1. The fourth-order valence-electron chi connectivity index (χ4n) is 2.29. The molecular weight excluding hydrogens is 264 g/mol. The van der Waals surface area contributed by atoms with Gasteiger partial charge in [-0.25, -0.2) is 0 Å². The van der Waals surface area contributed by atoms with E-state index >= 15 is 0 Å². The van der Waals surface area contributed by atoms with Crippen molar-refractivity contribution in [3.05, 3.63) is 22.4 Å². The van der Waals surface area contributed by atoms with E-state index < -0.39 is 17.6 Å². The number of aliphatic carboxylic acids is 1. The molecule has 2 unspecified atom stereocenters. The molecule has 0 aliphatic carbocycles. The normalized spacial score (nSPS) is 24.1. The van der Waals surface area contributed by atoms with Gasteiger partial charge in [0.25, 0.3) is 0 Å². The highest BCUT2D eigenvalue weighted by Crippen LogP contribution is 2.25. The predicted octanol–water partition coefficient (Wildman–Crippen LogP) is 1.52. The molecule has 0 saturated carbocycles. The second kappa shape index (κ2) is 5.71. The molecule has 0 radical (unpaired) electrons. The Kier molecular flexibility index (Phi) is 4.21. The van der Waals surface area contributed by atoms with Crippen molar-refractivity contribution in [3.8, 4) is 0 Å². The molecule has 104 valence electrons. The number of amides is 1. The molecule has 1 aliphatic heterocycles. The lowest BCUT2D eigenvalue weighted by Gasteiger charge is -2.26. The molecule has 1 aromatic rings. The van der Waals surface area contributed by atoms with Crippen LogP contribution in [0.5, 0.6) is 0 Å². The first-order valence-corrected chi connectivity index (χ1v) is 7.20. The van der Waals surface area contributed by atoms with E-state index in [0.29, 0.717) is 0 Å². The van der Waals surface area contributed by atoms with Gasteiger partial charge in [0.05, 0.1) is 18.0 Å². The van der Waals surface area contributed by atoms with Crippen LogP contribution in [0.3, 0.4) is 0 Å². The molecule has 0 aromatic carbocycles. The molecule has 6 heteroatoms. The number of nitrogens with one attached hydrogen (secondary N) is 2. The summed E-state index contributed by atoms with van der Waals surface area (Å²) in [4.78, 5) is 24.1. The van der Waals surface area contributed by atoms with E-state index in [2.05, 4.69) is 10.6 Å². The number of thiophene rings is 1. The van der Waals surface area contributed by atoms with Crippen molar-refractivity contribution in [1.29, 1.82) is 0 Å². The van der Waals surface area contributed by atoms with Gasteiger partial charge in [0, 0.05) is 4.88 Å². The molecular formula is C13H18N2O3S. The zero-order chi connectivity index (χ0) is 13.9. The van der Waals surface area contributed by atoms with Crippen LogP contribution in [0, 0.1) is 0 Å². The number of rotatable bonds is 5. The summed E-state index contributed by atoms with van der Waals surface area (Å²) in [6, 6.07) is 3.25. The van der Waals surface area contributed by atoms with Crippen LogP contribution in [0.15, 0.2) is 17.5 Å². The predicted molar refractivity (Wildman–Crippen MR) is 73.1 cm³/mol. The quantitative estimate of drug-likeness (QED) is 0.765. The zero-order valence-corrected chi connectivity index (χ0v) is 11.6. The molecule has 1 amide bonds. The third-order valence-corrected chi connectivity index (χ3v) is 4.43. The van der Waals surface area contributed by atoms with E-state index in [1.54, 1.807) is 0 Å². The van der Waals surface area contributed by atoms with Crippen LogP contribution in [-0.2, 0) is 9.59 Å². The third-order valence-electron chi connectivity index (χ3n) is 3.44. The van der Waals surface area contributed by atoms with E-state index in [-0.39, 0.29) is 12.3 Å². The first-order valence-electron chi connectivity index (χ1n) is 6.32. The molecule has 0 bridgehead atoms. The molecule has 1 aliphatic rings. The Bertz CT molecular complexity index is 452. The highest BCUT2D eigenvalue weighted by Gasteiger charge is 2.37. The highest BCUT2D eigenvalue weighted by molar-refractivity contribution is 7.10. The van der Waals surface area contributed by atoms with Crippen molar-refractivity contribution < 1.29 is 14.7 Å². The van der Waals surface area contributed by atoms with Gasteiger partial charge < -0.3 is 15.7 Å². The fourth-order valence-corrected chi connectivity index (χ4v) is 3.07. The van der Waals surface area contributed by atoms with Crippen molar-refractivity contribution in [3.63, 3.8) is 0 Å². The fraction of sp³-hybridized carbons (Fsp3) is 0.538. The summed E-state index contributed by atoms with van der Waals surface area (Å²) in [6.45, 7) is 2.69. The molecule has 1 aromatic heterocycles. The first-order chi connectivity index (χ1) is 9.01. The standard InChI is InChI=1S/C13H18N2O3S/c1-13(5-3-6-14-13)12(18)15-9(8-11(16)17)10-4-2-7-19-10/h2,4,7,9,14H,3,5-6,8H2,1H3,(H,15,18)(H,16,17). The molecule has 19 heavy (non-hydrogen) atoms. The molecule has 2 heterocycles. The lowest BCUT2D eigenvalue weighted by Crippen LogP contribution is -2.52. The SMILES string of the molecule is CC1(C(=O)NC(CC(=O)O)c2cccs2)CCCN1. The van der Waals surface area contributed by atoms with Crippen LogP contribution in [0.1, 0.15) is 37.1 Å². The van der Waals surface area contributed by atoms with Crippen LogP contribution >= 0.6 is 11.3 Å². The number of carbonyl (C=O) groups is 2. The average Bonchev–Trinajstić information content (AvgIpc) is 2.98. The van der Waals surface area contributed by atoms with Crippen molar-refractivity contribution in [2.75, 3.05) is 6.54 Å². The third kappa shape index (κ3) is 3.33. The number of hydrogen-bond acceptors (Lipinski definition) is 4. The van der Waals surface area contributed by atoms with Crippen molar-refractivity contribution >= 4 is 23.2 Å². The Morgan fingerprint density at radius 1 is 1.63 bits per heavy atom. The minimum atomic E-state index is -0.914. The topological polar surface area (TPSA) is 78.4 Å². The van der Waals surface area contributed by atoms with Gasteiger partial charge in [-0.15, -0.1) is 11.3 Å². The number of carboxylic acid groups (broad SMARTS) is 1. The smallest absolute Gasteiger partial charge is 0.305 e. The van der Waals surface area contributed by atoms with Crippen LogP contribution < -0.4 is 10.6 Å². The summed E-state index contributed by atoms with van der Waals surface area (Å²) in [6.07, 6.45) is 1.65. The summed E-state index contributed by atoms with van der Waals surface area (Å²) in [5, 5.41) is 16.9. The maximum absolute atomic E-state index is 12.3. The van der Waals surface area contributed by atoms with Gasteiger partial charge in [-0.3, -0.25) is 9.59 Å². The van der Waals surface area contributed by atoms with E-state index in [0.717, 1.165) is 24.3 Å². The summed E-state index contributed by atoms with van der Waals surface area (Å²) in [5.74, 6) is -1.03. The van der Waals surface area contributed by atoms with Gasteiger partial charge in [-0.1, -0.05) is 6.07 Å². The molecule has 1 saturated heterocycles. The monoisotopic (exact) mass is 282 g/mol. The minimum Gasteiger partial charge on any atom is -0.481 e. The van der Waals surface area contributed by atoms with Crippen LogP contribution in [-0.4, -0.2) is 29.1 Å². The average molecular weight is 282 g/mol. The van der Waals surface area contributed by atoms with Gasteiger partial charge >= 0.3 is 5.97 Å². The molecule has 2 atom stereocenters. The van der Waals surface area contributed by atoms with Crippen LogP contribution in [0.4, 0.5) is 0 Å². The molecule has 3 N–H and O–H groups in total. The lowest BCUT2D eigenvalue weighted by molar-refractivity contribution is -0.138. The van der Waals surface area contributed by atoms with Crippen molar-refractivity contribution in [2.24, 2.45) is 0 Å². The van der Waals surface area contributed by atoms with Crippen molar-refractivity contribution in [2.45, 2.75) is 37.8 Å². The molecule has 0 spiro atoms. The Morgan fingerprint density at radius 3 is 2.95 bits per heavy atom. The Labute approximate surface area is 116 Å². The molecule has 5 nitrogen and oxygen atoms in total. The Hall–Kier alpha value is -1.40. The van der Waals surface area contributed by atoms with Gasteiger partial charge in [-0.05, 0) is 37.8 Å². The molecule has 2 rings (SSSR count). The van der Waals surface area contributed by atoms with E-state index in [1.165, 1.54) is 11.3 Å². The van der Waals surface area contributed by atoms with Gasteiger partial charge in [-0.2, -0.15) is 0 Å². The number of hydrogen-bond donors (Lipinski definition) is 3. The summed E-state index contributed by atoms with van der Waals surface area (Å²) in [5.41, 5.74) is -0.575. The summed E-state index contributed by atoms with van der Waals surface area (Å²) in [7, 11) is 0. The maximum Gasteiger partial charge on any atom is 0.305 e. The van der Waals surface area contributed by atoms with E-state index in [4.69, 9.17) is 5.11 Å². The lowest BCUT2D eigenvalue weighted by atomic mass is 9.98. The largest absolute Gasteiger partial charge is 0.481 e. The highest BCUT2D eigenvalue weighted by atomic mass is 32.1. The van der Waals surface area contributed by atoms with E-state index in [1.807, 2.05) is 24.4 Å². The number of carbonyl (C=O) groups excluding carboxylic acids is 1. The zero-order valence-electron chi connectivity index (χ0n) is 10.8. The molecule has 1 fully saturated rings. The summed E-state index contributed by atoms with van der Waals surface area (Å²) < 4.78 is 0. The first kappa shape index (κ1) is 14.0. The Balaban J connectivity index is 2.07. The van der Waals surface area contributed by atoms with Gasteiger partial charge in [0.1, 0.15) is 0 Å². The maximum atomic E-state index is 12.3.